The van der Waals surface area contributed by atoms with Gasteiger partial charge in [-0.05, 0) is 29.8 Å². The van der Waals surface area contributed by atoms with Crippen LogP contribution in [0.4, 0.5) is 5.69 Å². The van der Waals surface area contributed by atoms with Crippen molar-refractivity contribution in [3.05, 3.63) is 72.5 Å². The van der Waals surface area contributed by atoms with Crippen LogP contribution in [-0.2, 0) is 16.1 Å². The Bertz CT molecular complexity index is 1230. The molecule has 182 valence electrons. The lowest BCUT2D eigenvalue weighted by molar-refractivity contribution is -0.113. The Balaban J connectivity index is 1.45. The summed E-state index contributed by atoms with van der Waals surface area (Å²) in [6.07, 6.45) is 1.60. The first-order valence-electron chi connectivity index (χ1n) is 10.9. The van der Waals surface area contributed by atoms with Crippen molar-refractivity contribution in [2.75, 3.05) is 38.5 Å². The predicted octanol–water partition coefficient (Wildman–Crippen LogP) is 4.35. The van der Waals surface area contributed by atoms with E-state index in [2.05, 4.69) is 15.5 Å². The minimum atomic E-state index is -0.184. The Labute approximate surface area is 207 Å². The maximum absolute atomic E-state index is 12.7. The number of amides is 1. The van der Waals surface area contributed by atoms with E-state index in [1.807, 2.05) is 41.0 Å². The van der Waals surface area contributed by atoms with Crippen LogP contribution in [0, 0.1) is 0 Å². The van der Waals surface area contributed by atoms with Gasteiger partial charge in [0, 0.05) is 18.9 Å². The molecule has 4 rings (SSSR count). The summed E-state index contributed by atoms with van der Waals surface area (Å²) < 4.78 is 23.5. The molecule has 1 N–H and O–H groups in total. The fourth-order valence-corrected chi connectivity index (χ4v) is 4.06. The van der Waals surface area contributed by atoms with Crippen molar-refractivity contribution in [1.82, 2.24) is 14.8 Å². The summed E-state index contributed by atoms with van der Waals surface area (Å²) >= 11 is 1.30. The number of ether oxygens (including phenoxy) is 3. The van der Waals surface area contributed by atoms with E-state index in [0.717, 1.165) is 5.56 Å². The maximum Gasteiger partial charge on any atom is 0.234 e. The largest absolute Gasteiger partial charge is 0.493 e. The molecule has 0 aliphatic heterocycles. The van der Waals surface area contributed by atoms with E-state index in [0.29, 0.717) is 53.7 Å². The van der Waals surface area contributed by atoms with Crippen molar-refractivity contribution in [2.45, 2.75) is 11.7 Å². The summed E-state index contributed by atoms with van der Waals surface area (Å²) in [6.45, 7) is 1.36. The Morgan fingerprint density at radius 1 is 1.03 bits per heavy atom. The van der Waals surface area contributed by atoms with Gasteiger partial charge in [-0.25, -0.2) is 0 Å². The molecule has 0 radical (unpaired) electrons. The molecule has 0 saturated carbocycles. The van der Waals surface area contributed by atoms with Gasteiger partial charge in [0.1, 0.15) is 6.61 Å². The Morgan fingerprint density at radius 2 is 1.89 bits per heavy atom. The van der Waals surface area contributed by atoms with Crippen LogP contribution in [0.3, 0.4) is 0 Å². The van der Waals surface area contributed by atoms with Crippen LogP contribution in [0.2, 0.25) is 0 Å². The molecule has 2 aromatic carbocycles. The first-order valence-corrected chi connectivity index (χ1v) is 11.9. The van der Waals surface area contributed by atoms with Crippen molar-refractivity contribution < 1.29 is 23.4 Å². The number of thioether (sulfide) groups is 1. The highest BCUT2D eigenvalue weighted by molar-refractivity contribution is 7.99. The third-order valence-electron chi connectivity index (χ3n) is 4.97. The van der Waals surface area contributed by atoms with Gasteiger partial charge < -0.3 is 23.9 Å². The number of anilines is 1. The number of rotatable bonds is 12. The Morgan fingerprint density at radius 3 is 2.63 bits per heavy atom. The predicted molar refractivity (Wildman–Crippen MR) is 133 cm³/mol. The molecule has 0 bridgehead atoms. The van der Waals surface area contributed by atoms with Crippen LogP contribution < -0.4 is 14.8 Å². The molecule has 2 heterocycles. The molecule has 4 aromatic rings. The zero-order valence-electron chi connectivity index (χ0n) is 19.5. The fourth-order valence-electron chi connectivity index (χ4n) is 3.32. The lowest BCUT2D eigenvalue weighted by Crippen LogP contribution is -2.15. The standard InChI is InChI=1S/C25H26N4O5S/c1-31-13-14-34-22-15-19(10-11-20(22)32-2)26-23(30)17-35-25-28-27-24(21-9-6-12-33-21)29(25)16-18-7-4-3-5-8-18/h3-12,15H,13-14,16-17H2,1-2H3,(H,26,30). The van der Waals surface area contributed by atoms with Gasteiger partial charge in [0.25, 0.3) is 0 Å². The second-order valence-electron chi connectivity index (χ2n) is 7.40. The fraction of sp³-hybridized carbons (Fsp3) is 0.240. The van der Waals surface area contributed by atoms with Crippen LogP contribution in [0.15, 0.2) is 76.5 Å². The van der Waals surface area contributed by atoms with Crippen molar-refractivity contribution in [3.8, 4) is 23.1 Å². The summed E-state index contributed by atoms with van der Waals surface area (Å²) in [5.41, 5.74) is 1.69. The second kappa shape index (κ2) is 12.1. The quantitative estimate of drug-likeness (QED) is 0.229. The number of carbonyl (C=O) groups excluding carboxylic acids is 1. The molecule has 1 amide bonds. The van der Waals surface area contributed by atoms with Crippen LogP contribution in [0.5, 0.6) is 11.5 Å². The number of furan rings is 1. The lowest BCUT2D eigenvalue weighted by atomic mass is 10.2. The number of aromatic nitrogens is 3. The minimum absolute atomic E-state index is 0.150. The summed E-state index contributed by atoms with van der Waals surface area (Å²) in [5, 5.41) is 12.1. The lowest BCUT2D eigenvalue weighted by Gasteiger charge is -2.13. The first kappa shape index (κ1) is 24.4. The van der Waals surface area contributed by atoms with Crippen molar-refractivity contribution in [3.63, 3.8) is 0 Å². The molecule has 35 heavy (non-hydrogen) atoms. The monoisotopic (exact) mass is 494 g/mol. The molecule has 0 unspecified atom stereocenters. The number of nitrogens with zero attached hydrogens (tertiary/aromatic N) is 3. The number of carbonyl (C=O) groups is 1. The van der Waals surface area contributed by atoms with Crippen molar-refractivity contribution in [1.29, 1.82) is 0 Å². The molecular formula is C25H26N4O5S. The smallest absolute Gasteiger partial charge is 0.234 e. The summed E-state index contributed by atoms with van der Waals surface area (Å²) in [6, 6.07) is 18.9. The van der Waals surface area contributed by atoms with Gasteiger partial charge in [0.15, 0.2) is 22.4 Å². The van der Waals surface area contributed by atoms with Gasteiger partial charge in [0.2, 0.25) is 11.7 Å². The molecule has 10 heteroatoms. The average Bonchev–Trinajstić information content (AvgIpc) is 3.54. The van der Waals surface area contributed by atoms with Gasteiger partial charge in [-0.15, -0.1) is 10.2 Å². The van der Waals surface area contributed by atoms with E-state index in [-0.39, 0.29) is 11.7 Å². The van der Waals surface area contributed by atoms with E-state index in [1.165, 1.54) is 11.8 Å². The molecule has 0 aliphatic rings. The molecular weight excluding hydrogens is 468 g/mol. The van der Waals surface area contributed by atoms with Crippen molar-refractivity contribution in [2.24, 2.45) is 0 Å². The summed E-state index contributed by atoms with van der Waals surface area (Å²) in [4.78, 5) is 12.7. The zero-order chi connectivity index (χ0) is 24.5. The highest BCUT2D eigenvalue weighted by Gasteiger charge is 2.18. The van der Waals surface area contributed by atoms with E-state index in [1.54, 1.807) is 44.7 Å². The van der Waals surface area contributed by atoms with Gasteiger partial charge in [-0.2, -0.15) is 0 Å². The van der Waals surface area contributed by atoms with Crippen LogP contribution in [-0.4, -0.2) is 53.9 Å². The number of hydrogen-bond acceptors (Lipinski definition) is 8. The third-order valence-corrected chi connectivity index (χ3v) is 5.93. The molecule has 0 spiro atoms. The number of hydrogen-bond donors (Lipinski definition) is 1. The van der Waals surface area contributed by atoms with Crippen molar-refractivity contribution >= 4 is 23.4 Å². The highest BCUT2D eigenvalue weighted by atomic mass is 32.2. The van der Waals surface area contributed by atoms with Gasteiger partial charge in [-0.1, -0.05) is 42.1 Å². The molecule has 9 nitrogen and oxygen atoms in total. The summed E-state index contributed by atoms with van der Waals surface area (Å²) in [7, 11) is 3.17. The van der Waals surface area contributed by atoms with E-state index in [9.17, 15) is 4.79 Å². The minimum Gasteiger partial charge on any atom is -0.493 e. The van der Waals surface area contributed by atoms with Crippen LogP contribution in [0.1, 0.15) is 5.56 Å². The number of nitrogens with one attached hydrogen (secondary N) is 1. The average molecular weight is 495 g/mol. The Kier molecular flexibility index (Phi) is 8.42. The maximum atomic E-state index is 12.7. The second-order valence-corrected chi connectivity index (χ2v) is 8.34. The first-order chi connectivity index (χ1) is 17.2. The molecule has 0 saturated heterocycles. The number of benzene rings is 2. The zero-order valence-corrected chi connectivity index (χ0v) is 20.3. The van der Waals surface area contributed by atoms with Gasteiger partial charge >= 0.3 is 0 Å². The van der Waals surface area contributed by atoms with Crippen LogP contribution >= 0.6 is 11.8 Å². The van der Waals surface area contributed by atoms with Gasteiger partial charge in [-0.3, -0.25) is 9.36 Å². The van der Waals surface area contributed by atoms with Crippen LogP contribution in [0.25, 0.3) is 11.6 Å². The van der Waals surface area contributed by atoms with Gasteiger partial charge in [0.05, 0.1) is 32.3 Å². The third kappa shape index (κ3) is 6.43. The number of methoxy groups -OCH3 is 2. The SMILES string of the molecule is COCCOc1cc(NC(=O)CSc2nnc(-c3ccco3)n2Cc2ccccc2)ccc1OC. The normalized spacial score (nSPS) is 10.8. The van der Waals surface area contributed by atoms with E-state index < -0.39 is 0 Å². The van der Waals surface area contributed by atoms with E-state index >= 15 is 0 Å². The topological polar surface area (TPSA) is 101 Å². The Hall–Kier alpha value is -3.76. The molecule has 2 aromatic heterocycles. The molecule has 0 fully saturated rings. The highest BCUT2D eigenvalue weighted by Crippen LogP contribution is 2.31. The molecule has 0 atom stereocenters. The van der Waals surface area contributed by atoms with E-state index in [4.69, 9.17) is 18.6 Å². The summed E-state index contributed by atoms with van der Waals surface area (Å²) in [5.74, 6) is 2.29. The molecule has 0 aliphatic carbocycles.